The van der Waals surface area contributed by atoms with Gasteiger partial charge in [-0.05, 0) is 37.1 Å². The first kappa shape index (κ1) is 11.9. The van der Waals surface area contributed by atoms with E-state index in [1.807, 2.05) is 0 Å². The number of nitrogens with zero attached hydrogens (tertiary/aromatic N) is 1. The van der Waals surface area contributed by atoms with E-state index < -0.39 is 0 Å². The molecule has 2 aliphatic heterocycles. The number of likely N-dealkylation sites (tertiary alicyclic amines) is 1. The highest BCUT2D eigenvalue weighted by atomic mass is 16.2. The second kappa shape index (κ2) is 4.36. The Kier molecular flexibility index (Phi) is 3.24. The molecule has 2 saturated heterocycles. The maximum Gasteiger partial charge on any atom is 0.239 e. The lowest BCUT2D eigenvalue weighted by atomic mass is 9.78. The number of carbonyl (C=O) groups excluding carboxylic acids is 1. The van der Waals surface area contributed by atoms with Crippen LogP contribution in [0.3, 0.4) is 0 Å². The zero-order chi connectivity index (χ0) is 11.8. The normalized spacial score (nSPS) is 35.0. The molecule has 0 radical (unpaired) electrons. The van der Waals surface area contributed by atoms with Crippen LogP contribution in [0.5, 0.6) is 0 Å². The van der Waals surface area contributed by atoms with Crippen molar-refractivity contribution in [3.8, 4) is 0 Å². The van der Waals surface area contributed by atoms with E-state index in [4.69, 9.17) is 0 Å². The van der Waals surface area contributed by atoms with Crippen molar-refractivity contribution in [2.24, 2.45) is 11.3 Å². The van der Waals surface area contributed by atoms with E-state index in [1.54, 1.807) is 0 Å². The molecular weight excluding hydrogens is 200 g/mol. The minimum atomic E-state index is 0.106. The lowest BCUT2D eigenvalue weighted by Gasteiger charge is -2.29. The van der Waals surface area contributed by atoms with Crippen molar-refractivity contribution >= 4 is 5.91 Å². The van der Waals surface area contributed by atoms with Gasteiger partial charge in [0, 0.05) is 13.1 Å². The van der Waals surface area contributed by atoms with Gasteiger partial charge in [-0.1, -0.05) is 20.8 Å². The monoisotopic (exact) mass is 224 g/mol. The van der Waals surface area contributed by atoms with Crippen molar-refractivity contribution in [2.75, 3.05) is 19.6 Å². The molecule has 0 aliphatic carbocycles. The van der Waals surface area contributed by atoms with Crippen LogP contribution in [0.2, 0.25) is 0 Å². The van der Waals surface area contributed by atoms with Crippen LogP contribution in [0.15, 0.2) is 0 Å². The van der Waals surface area contributed by atoms with E-state index in [1.165, 1.54) is 0 Å². The van der Waals surface area contributed by atoms with Gasteiger partial charge in [-0.2, -0.15) is 0 Å². The molecule has 2 atom stereocenters. The van der Waals surface area contributed by atoms with Crippen LogP contribution in [0, 0.1) is 11.3 Å². The van der Waals surface area contributed by atoms with Crippen LogP contribution in [-0.4, -0.2) is 36.5 Å². The fourth-order valence-corrected chi connectivity index (χ4v) is 2.76. The first-order valence-electron chi connectivity index (χ1n) is 6.55. The molecule has 1 N–H and O–H groups in total. The van der Waals surface area contributed by atoms with Crippen LogP contribution in [0.25, 0.3) is 0 Å². The fraction of sp³-hybridized carbons (Fsp3) is 0.923. The molecule has 1 amide bonds. The van der Waals surface area contributed by atoms with Gasteiger partial charge in [-0.3, -0.25) is 4.79 Å². The van der Waals surface area contributed by atoms with Crippen molar-refractivity contribution in [3.63, 3.8) is 0 Å². The van der Waals surface area contributed by atoms with Gasteiger partial charge in [0.05, 0.1) is 6.04 Å². The van der Waals surface area contributed by atoms with Crippen molar-refractivity contribution < 1.29 is 4.79 Å². The summed E-state index contributed by atoms with van der Waals surface area (Å²) in [6.07, 6.45) is 3.32. The average molecular weight is 224 g/mol. The molecule has 3 heteroatoms. The molecule has 0 spiro atoms. The molecule has 0 aromatic carbocycles. The summed E-state index contributed by atoms with van der Waals surface area (Å²) in [6, 6.07) is 0.106. The summed E-state index contributed by atoms with van der Waals surface area (Å²) in [5, 5.41) is 3.30. The third kappa shape index (κ3) is 2.10. The Labute approximate surface area is 98.6 Å². The Morgan fingerprint density at radius 3 is 2.75 bits per heavy atom. The lowest BCUT2D eigenvalue weighted by molar-refractivity contribution is -0.132. The van der Waals surface area contributed by atoms with Crippen molar-refractivity contribution in [1.29, 1.82) is 0 Å². The number of amides is 1. The van der Waals surface area contributed by atoms with E-state index in [9.17, 15) is 4.79 Å². The third-order valence-corrected chi connectivity index (χ3v) is 4.57. The predicted molar refractivity (Wildman–Crippen MR) is 65.2 cm³/mol. The second-order valence-electron chi connectivity index (χ2n) is 5.97. The Balaban J connectivity index is 1.95. The number of hydrogen-bond acceptors (Lipinski definition) is 2. The summed E-state index contributed by atoms with van der Waals surface area (Å²) in [5.41, 5.74) is 0.328. The zero-order valence-corrected chi connectivity index (χ0v) is 10.8. The molecule has 0 saturated carbocycles. The van der Waals surface area contributed by atoms with Crippen LogP contribution in [0.4, 0.5) is 0 Å². The predicted octanol–water partition coefficient (Wildman–Crippen LogP) is 1.63. The van der Waals surface area contributed by atoms with E-state index in [-0.39, 0.29) is 6.04 Å². The van der Waals surface area contributed by atoms with Gasteiger partial charge in [0.15, 0.2) is 0 Å². The summed E-state index contributed by atoms with van der Waals surface area (Å²) in [6.45, 7) is 9.75. The molecule has 2 heterocycles. The van der Waals surface area contributed by atoms with E-state index >= 15 is 0 Å². The molecule has 0 bridgehead atoms. The quantitative estimate of drug-likeness (QED) is 0.773. The topological polar surface area (TPSA) is 32.3 Å². The van der Waals surface area contributed by atoms with Gasteiger partial charge >= 0.3 is 0 Å². The van der Waals surface area contributed by atoms with Crippen molar-refractivity contribution in [2.45, 2.75) is 46.1 Å². The molecular formula is C13H24N2O. The van der Waals surface area contributed by atoms with Gasteiger partial charge in [0.1, 0.15) is 0 Å². The van der Waals surface area contributed by atoms with Crippen molar-refractivity contribution in [3.05, 3.63) is 0 Å². The Morgan fingerprint density at radius 2 is 2.25 bits per heavy atom. The van der Waals surface area contributed by atoms with Crippen LogP contribution < -0.4 is 5.32 Å². The van der Waals surface area contributed by atoms with E-state index in [0.717, 1.165) is 38.9 Å². The fourth-order valence-electron chi connectivity index (χ4n) is 2.76. The summed E-state index contributed by atoms with van der Waals surface area (Å²) < 4.78 is 0. The molecule has 0 aromatic rings. The minimum absolute atomic E-state index is 0.106. The van der Waals surface area contributed by atoms with E-state index in [0.29, 0.717) is 17.2 Å². The third-order valence-electron chi connectivity index (χ3n) is 4.57. The van der Waals surface area contributed by atoms with Gasteiger partial charge in [0.25, 0.3) is 0 Å². The maximum atomic E-state index is 12.2. The van der Waals surface area contributed by atoms with Crippen molar-refractivity contribution in [1.82, 2.24) is 10.2 Å². The first-order valence-corrected chi connectivity index (χ1v) is 6.55. The SMILES string of the molecule is CC(C)[C@@]1(C)CCN(C(=O)[C@@H]2CCCN2)C1. The molecule has 0 aromatic heterocycles. The maximum absolute atomic E-state index is 12.2. The summed E-state index contributed by atoms with van der Waals surface area (Å²) in [5.74, 6) is 0.990. The number of carbonyl (C=O) groups is 1. The lowest BCUT2D eigenvalue weighted by Crippen LogP contribution is -2.43. The Morgan fingerprint density at radius 1 is 1.50 bits per heavy atom. The number of hydrogen-bond donors (Lipinski definition) is 1. The average Bonchev–Trinajstić information content (AvgIpc) is 2.85. The number of nitrogens with one attached hydrogen (secondary N) is 1. The number of rotatable bonds is 2. The first-order chi connectivity index (χ1) is 7.53. The standard InChI is InChI=1S/C13H24N2O/c1-10(2)13(3)6-8-15(9-13)12(16)11-5-4-7-14-11/h10-11,14H,4-9H2,1-3H3/t11-,13-/m0/s1. The molecule has 0 unspecified atom stereocenters. The molecule has 92 valence electrons. The largest absolute Gasteiger partial charge is 0.341 e. The van der Waals surface area contributed by atoms with Crippen LogP contribution in [0.1, 0.15) is 40.0 Å². The molecule has 2 aliphatic rings. The van der Waals surface area contributed by atoms with E-state index in [2.05, 4.69) is 31.0 Å². The molecule has 2 fully saturated rings. The van der Waals surface area contributed by atoms with Gasteiger partial charge in [-0.15, -0.1) is 0 Å². The Bertz CT molecular complexity index is 271. The second-order valence-corrected chi connectivity index (χ2v) is 5.97. The smallest absolute Gasteiger partial charge is 0.239 e. The highest BCUT2D eigenvalue weighted by Crippen LogP contribution is 2.37. The molecule has 2 rings (SSSR count). The van der Waals surface area contributed by atoms with Crippen LogP contribution >= 0.6 is 0 Å². The summed E-state index contributed by atoms with van der Waals surface area (Å²) in [4.78, 5) is 14.3. The Hall–Kier alpha value is -0.570. The molecule has 16 heavy (non-hydrogen) atoms. The van der Waals surface area contributed by atoms with Gasteiger partial charge in [0.2, 0.25) is 5.91 Å². The summed E-state index contributed by atoms with van der Waals surface area (Å²) in [7, 11) is 0. The highest BCUT2D eigenvalue weighted by molar-refractivity contribution is 5.82. The van der Waals surface area contributed by atoms with Gasteiger partial charge in [-0.25, -0.2) is 0 Å². The summed E-state index contributed by atoms with van der Waals surface area (Å²) >= 11 is 0. The highest BCUT2D eigenvalue weighted by Gasteiger charge is 2.40. The minimum Gasteiger partial charge on any atom is -0.341 e. The zero-order valence-electron chi connectivity index (χ0n) is 10.8. The van der Waals surface area contributed by atoms with Gasteiger partial charge < -0.3 is 10.2 Å². The van der Waals surface area contributed by atoms with Crippen LogP contribution in [-0.2, 0) is 4.79 Å². The molecule has 3 nitrogen and oxygen atoms in total.